The van der Waals surface area contributed by atoms with E-state index in [-0.39, 0.29) is 6.04 Å². The molecule has 0 aliphatic rings. The second-order valence-electron chi connectivity index (χ2n) is 3.45. The van der Waals surface area contributed by atoms with Gasteiger partial charge < -0.3 is 5.32 Å². The van der Waals surface area contributed by atoms with Crippen molar-refractivity contribution in [2.45, 2.75) is 26.4 Å². The average molecular weight is 237 g/mol. The Hall–Kier alpha value is -1.27. The first-order valence-corrected chi connectivity index (χ1v) is 6.11. The molecule has 0 radical (unpaired) electrons. The van der Waals surface area contributed by atoms with Crippen LogP contribution in [0.15, 0.2) is 18.6 Å². The van der Waals surface area contributed by atoms with Gasteiger partial charge in [0.1, 0.15) is 0 Å². The molecular formula is C10H15N5S. The van der Waals surface area contributed by atoms with Gasteiger partial charge in [0.2, 0.25) is 0 Å². The highest BCUT2D eigenvalue weighted by molar-refractivity contribution is 6.99. The highest BCUT2D eigenvalue weighted by Crippen LogP contribution is 2.19. The Morgan fingerprint density at radius 2 is 2.31 bits per heavy atom. The molecule has 0 bridgehead atoms. The summed E-state index contributed by atoms with van der Waals surface area (Å²) in [5.74, 6) is 0. The van der Waals surface area contributed by atoms with Gasteiger partial charge in [-0.1, -0.05) is 6.92 Å². The summed E-state index contributed by atoms with van der Waals surface area (Å²) in [6, 6.07) is 0.101. The minimum absolute atomic E-state index is 0.101. The van der Waals surface area contributed by atoms with Crippen molar-refractivity contribution in [1.29, 1.82) is 0 Å². The lowest BCUT2D eigenvalue weighted by molar-refractivity contribution is 0.616. The van der Waals surface area contributed by atoms with Crippen molar-refractivity contribution in [3.8, 4) is 0 Å². The van der Waals surface area contributed by atoms with Crippen LogP contribution in [0, 0.1) is 0 Å². The number of aromatic nitrogens is 4. The van der Waals surface area contributed by atoms with E-state index in [2.05, 4.69) is 33.0 Å². The van der Waals surface area contributed by atoms with Gasteiger partial charge in [0.15, 0.2) is 0 Å². The minimum atomic E-state index is 0.101. The Kier molecular flexibility index (Phi) is 3.63. The Morgan fingerprint density at radius 3 is 2.88 bits per heavy atom. The number of aryl methyl sites for hydroxylation is 1. The molecule has 2 aromatic rings. The predicted molar refractivity (Wildman–Crippen MR) is 63.3 cm³/mol. The molecule has 16 heavy (non-hydrogen) atoms. The molecule has 5 nitrogen and oxygen atoms in total. The second-order valence-corrected chi connectivity index (χ2v) is 4.01. The highest BCUT2D eigenvalue weighted by atomic mass is 32.1. The summed E-state index contributed by atoms with van der Waals surface area (Å²) in [6.45, 7) is 5.92. The van der Waals surface area contributed by atoms with Gasteiger partial charge in [0.05, 0.1) is 35.9 Å². The number of rotatable bonds is 5. The van der Waals surface area contributed by atoms with Crippen LogP contribution in [0.2, 0.25) is 0 Å². The zero-order valence-corrected chi connectivity index (χ0v) is 10.2. The van der Waals surface area contributed by atoms with Crippen LogP contribution in [0.4, 0.5) is 0 Å². The first kappa shape index (κ1) is 11.2. The van der Waals surface area contributed by atoms with Crippen LogP contribution >= 0.6 is 11.7 Å². The summed E-state index contributed by atoms with van der Waals surface area (Å²) in [5, 5.41) is 7.67. The summed E-state index contributed by atoms with van der Waals surface area (Å²) >= 11 is 1.23. The normalized spacial score (nSPS) is 12.9. The van der Waals surface area contributed by atoms with Crippen LogP contribution in [-0.2, 0) is 6.54 Å². The smallest absolute Gasteiger partial charge is 0.0958 e. The first-order valence-electron chi connectivity index (χ1n) is 5.38. The van der Waals surface area contributed by atoms with E-state index in [0.29, 0.717) is 0 Å². The maximum atomic E-state index is 4.28. The van der Waals surface area contributed by atoms with Crippen molar-refractivity contribution in [2.24, 2.45) is 0 Å². The molecule has 0 saturated carbocycles. The summed E-state index contributed by atoms with van der Waals surface area (Å²) < 4.78 is 10.2. The van der Waals surface area contributed by atoms with Gasteiger partial charge in [-0.3, -0.25) is 4.68 Å². The fraction of sp³-hybridized carbons (Fsp3) is 0.500. The first-order chi connectivity index (χ1) is 7.85. The van der Waals surface area contributed by atoms with Crippen molar-refractivity contribution < 1.29 is 0 Å². The molecule has 0 aromatic carbocycles. The van der Waals surface area contributed by atoms with Crippen molar-refractivity contribution >= 4 is 11.7 Å². The van der Waals surface area contributed by atoms with Crippen LogP contribution in [-0.4, -0.2) is 25.1 Å². The molecule has 1 unspecified atom stereocenters. The van der Waals surface area contributed by atoms with Gasteiger partial charge in [-0.25, -0.2) is 0 Å². The third-order valence-corrected chi connectivity index (χ3v) is 2.89. The third kappa shape index (κ3) is 2.28. The number of hydrogen-bond donors (Lipinski definition) is 1. The predicted octanol–water partition coefficient (Wildman–Crippen LogP) is 1.45. The molecule has 6 heteroatoms. The maximum Gasteiger partial charge on any atom is 0.0958 e. The van der Waals surface area contributed by atoms with E-state index in [1.54, 1.807) is 6.20 Å². The lowest BCUT2D eigenvalue weighted by Gasteiger charge is -2.12. The highest BCUT2D eigenvalue weighted by Gasteiger charge is 2.17. The topological polar surface area (TPSA) is 55.6 Å². The molecule has 0 aliphatic carbocycles. The molecule has 2 rings (SSSR count). The minimum Gasteiger partial charge on any atom is -0.305 e. The Balaban J connectivity index is 2.25. The lowest BCUT2D eigenvalue weighted by Crippen LogP contribution is -2.21. The Morgan fingerprint density at radius 1 is 1.44 bits per heavy atom. The van der Waals surface area contributed by atoms with Crippen LogP contribution in [0.3, 0.4) is 0 Å². The quantitative estimate of drug-likeness (QED) is 0.855. The molecule has 2 aromatic heterocycles. The Labute approximate surface area is 98.8 Å². The van der Waals surface area contributed by atoms with Crippen LogP contribution in [0.1, 0.15) is 31.1 Å². The molecule has 1 N–H and O–H groups in total. The van der Waals surface area contributed by atoms with E-state index in [9.17, 15) is 0 Å². The van der Waals surface area contributed by atoms with E-state index in [1.165, 1.54) is 11.7 Å². The van der Waals surface area contributed by atoms with Gasteiger partial charge >= 0.3 is 0 Å². The number of nitrogens with one attached hydrogen (secondary N) is 1. The van der Waals surface area contributed by atoms with Gasteiger partial charge in [0, 0.05) is 18.3 Å². The van der Waals surface area contributed by atoms with Gasteiger partial charge in [-0.2, -0.15) is 13.8 Å². The van der Waals surface area contributed by atoms with Crippen molar-refractivity contribution in [2.75, 3.05) is 6.54 Å². The second kappa shape index (κ2) is 5.18. The molecule has 0 fully saturated rings. The van der Waals surface area contributed by atoms with Crippen LogP contribution < -0.4 is 5.32 Å². The Bertz CT molecular complexity index is 422. The average Bonchev–Trinajstić information content (AvgIpc) is 2.97. The number of nitrogens with zero attached hydrogens (tertiary/aromatic N) is 4. The molecule has 0 amide bonds. The molecular weight excluding hydrogens is 222 g/mol. The third-order valence-electron chi connectivity index (χ3n) is 2.39. The maximum absolute atomic E-state index is 4.28. The van der Waals surface area contributed by atoms with Gasteiger partial charge in [-0.05, 0) is 13.5 Å². The van der Waals surface area contributed by atoms with Crippen molar-refractivity contribution in [1.82, 2.24) is 23.8 Å². The van der Waals surface area contributed by atoms with E-state index >= 15 is 0 Å². The lowest BCUT2D eigenvalue weighted by atomic mass is 10.1. The summed E-state index contributed by atoms with van der Waals surface area (Å²) in [5.41, 5.74) is 2.10. The monoisotopic (exact) mass is 237 g/mol. The summed E-state index contributed by atoms with van der Waals surface area (Å²) in [7, 11) is 0. The van der Waals surface area contributed by atoms with Crippen molar-refractivity contribution in [3.63, 3.8) is 0 Å². The van der Waals surface area contributed by atoms with Crippen molar-refractivity contribution in [3.05, 3.63) is 29.8 Å². The molecule has 1 atom stereocenters. The fourth-order valence-electron chi connectivity index (χ4n) is 1.60. The zero-order valence-electron chi connectivity index (χ0n) is 9.42. The largest absolute Gasteiger partial charge is 0.305 e. The van der Waals surface area contributed by atoms with E-state index in [0.717, 1.165) is 24.3 Å². The fourth-order valence-corrected chi connectivity index (χ4v) is 2.05. The van der Waals surface area contributed by atoms with E-state index < -0.39 is 0 Å². The standard InChI is InChI=1S/C10H15N5S/c1-3-11-10(9-6-13-16-14-9)8-5-12-15(4-2)7-8/h5-7,10-11H,3-4H2,1-2H3. The van der Waals surface area contributed by atoms with Gasteiger partial charge in [-0.15, -0.1) is 0 Å². The molecule has 0 aliphatic heterocycles. The van der Waals surface area contributed by atoms with Crippen LogP contribution in [0.5, 0.6) is 0 Å². The van der Waals surface area contributed by atoms with Gasteiger partial charge in [0.25, 0.3) is 0 Å². The summed E-state index contributed by atoms with van der Waals surface area (Å²) in [6.07, 6.45) is 5.74. The van der Waals surface area contributed by atoms with E-state index in [4.69, 9.17) is 0 Å². The number of hydrogen-bond acceptors (Lipinski definition) is 5. The SMILES string of the molecule is CCNC(c1cnn(CC)c1)c1cnsn1. The molecule has 2 heterocycles. The van der Waals surface area contributed by atoms with E-state index in [1.807, 2.05) is 17.1 Å². The summed E-state index contributed by atoms with van der Waals surface area (Å²) in [4.78, 5) is 0. The zero-order chi connectivity index (χ0) is 11.4. The van der Waals surface area contributed by atoms with Crippen LogP contribution in [0.25, 0.3) is 0 Å². The molecule has 0 spiro atoms. The molecule has 86 valence electrons. The molecule has 0 saturated heterocycles.